The Morgan fingerprint density at radius 3 is 2.36 bits per heavy atom. The first-order valence-electron chi connectivity index (χ1n) is 10.8. The van der Waals surface area contributed by atoms with Crippen molar-refractivity contribution in [3.8, 4) is 17.2 Å². The summed E-state index contributed by atoms with van der Waals surface area (Å²) in [6.45, 7) is 0.579. The smallest absolute Gasteiger partial charge is 0.329 e. The molecule has 2 aromatic carbocycles. The van der Waals surface area contributed by atoms with Crippen LogP contribution in [0.1, 0.15) is 30.9 Å². The highest BCUT2D eigenvalue weighted by Crippen LogP contribution is 2.39. The van der Waals surface area contributed by atoms with Crippen LogP contribution >= 0.6 is 0 Å². The highest BCUT2D eigenvalue weighted by Gasteiger charge is 2.42. The van der Waals surface area contributed by atoms with E-state index in [0.717, 1.165) is 23.3 Å². The van der Waals surface area contributed by atoms with Gasteiger partial charge in [-0.1, -0.05) is 0 Å². The number of anilines is 1. The number of urea groups is 1. The molecule has 2 aliphatic rings. The van der Waals surface area contributed by atoms with E-state index in [2.05, 4.69) is 5.32 Å². The minimum absolute atomic E-state index is 0.105. The molecule has 2 aromatic rings. The van der Waals surface area contributed by atoms with Gasteiger partial charge in [-0.15, -0.1) is 0 Å². The molecule has 0 radical (unpaired) electrons. The van der Waals surface area contributed by atoms with Crippen LogP contribution in [-0.2, 0) is 9.59 Å². The van der Waals surface area contributed by atoms with Crippen LogP contribution in [0.4, 0.5) is 10.5 Å². The summed E-state index contributed by atoms with van der Waals surface area (Å²) in [7, 11) is 4.71. The molecule has 2 saturated heterocycles. The second-order valence-electron chi connectivity index (χ2n) is 7.93. The predicted octanol–water partition coefficient (Wildman–Crippen LogP) is 2.89. The lowest BCUT2D eigenvalue weighted by molar-refractivity contribution is -0.134. The first kappa shape index (κ1) is 22.4. The monoisotopic (exact) mass is 453 g/mol. The molecule has 2 heterocycles. The van der Waals surface area contributed by atoms with Crippen LogP contribution in [0.3, 0.4) is 0 Å². The van der Waals surface area contributed by atoms with Crippen molar-refractivity contribution in [2.75, 3.05) is 32.8 Å². The summed E-state index contributed by atoms with van der Waals surface area (Å²) in [6, 6.07) is 10.5. The van der Waals surface area contributed by atoms with Crippen molar-refractivity contribution in [1.82, 2.24) is 10.2 Å². The van der Waals surface area contributed by atoms with Crippen LogP contribution < -0.4 is 24.4 Å². The minimum Gasteiger partial charge on any atom is -0.497 e. The lowest BCUT2D eigenvalue weighted by atomic mass is 10.0. The van der Waals surface area contributed by atoms with Gasteiger partial charge in [-0.2, -0.15) is 0 Å². The predicted molar refractivity (Wildman–Crippen MR) is 121 cm³/mol. The van der Waals surface area contributed by atoms with Gasteiger partial charge < -0.3 is 24.4 Å². The molecule has 1 N–H and O–H groups in total. The minimum atomic E-state index is -0.911. The van der Waals surface area contributed by atoms with E-state index in [0.29, 0.717) is 29.5 Å². The van der Waals surface area contributed by atoms with Gasteiger partial charge >= 0.3 is 6.03 Å². The van der Waals surface area contributed by atoms with E-state index in [4.69, 9.17) is 14.2 Å². The molecule has 9 heteroatoms. The summed E-state index contributed by atoms with van der Waals surface area (Å²) in [5, 5.41) is 2.64. The summed E-state index contributed by atoms with van der Waals surface area (Å²) in [4.78, 5) is 41.5. The van der Waals surface area contributed by atoms with Crippen LogP contribution in [0.25, 0.3) is 0 Å². The summed E-state index contributed by atoms with van der Waals surface area (Å²) >= 11 is 0. The van der Waals surface area contributed by atoms with Crippen molar-refractivity contribution in [2.45, 2.75) is 31.3 Å². The van der Waals surface area contributed by atoms with Gasteiger partial charge in [0.1, 0.15) is 23.3 Å². The van der Waals surface area contributed by atoms with E-state index >= 15 is 0 Å². The van der Waals surface area contributed by atoms with Crippen molar-refractivity contribution in [3.63, 3.8) is 0 Å². The molecule has 9 nitrogen and oxygen atoms in total. The lowest BCUT2D eigenvalue weighted by Crippen LogP contribution is -2.39. The van der Waals surface area contributed by atoms with Gasteiger partial charge in [0.25, 0.3) is 5.91 Å². The van der Waals surface area contributed by atoms with Crippen molar-refractivity contribution >= 4 is 23.5 Å². The normalized spacial score (nSPS) is 20.1. The Bertz CT molecular complexity index is 1050. The number of likely N-dealkylation sites (tertiary alicyclic amines) is 1. The second-order valence-corrected chi connectivity index (χ2v) is 7.93. The fraction of sp³-hybridized carbons (Fsp3) is 0.375. The van der Waals surface area contributed by atoms with Crippen LogP contribution in [0.5, 0.6) is 17.2 Å². The van der Waals surface area contributed by atoms with Gasteiger partial charge in [0, 0.05) is 18.2 Å². The van der Waals surface area contributed by atoms with Crippen molar-refractivity contribution in [1.29, 1.82) is 0 Å². The molecule has 0 spiro atoms. The zero-order valence-corrected chi connectivity index (χ0v) is 18.9. The molecule has 174 valence electrons. The zero-order chi connectivity index (χ0) is 23.5. The Morgan fingerprint density at radius 1 is 1.00 bits per heavy atom. The Hall–Kier alpha value is -3.75. The SMILES string of the molecule is COc1ccc(N2C(=O)N[C@@H](CC(=O)N3CCC[C@@H]3c3ccc(OC)cc3OC)C2=O)cc1. The van der Waals surface area contributed by atoms with E-state index in [1.165, 1.54) is 7.11 Å². The van der Waals surface area contributed by atoms with Gasteiger partial charge in [-0.05, 0) is 49.2 Å². The number of carbonyl (C=O) groups is 3. The Labute approximate surface area is 192 Å². The molecule has 0 aromatic heterocycles. The Balaban J connectivity index is 1.48. The number of nitrogens with one attached hydrogen (secondary N) is 1. The van der Waals surface area contributed by atoms with Crippen LogP contribution in [-0.4, -0.2) is 56.7 Å². The van der Waals surface area contributed by atoms with E-state index in [1.807, 2.05) is 12.1 Å². The molecule has 0 bridgehead atoms. The summed E-state index contributed by atoms with van der Waals surface area (Å²) in [5.74, 6) is 1.30. The topological polar surface area (TPSA) is 97.4 Å². The second kappa shape index (κ2) is 9.40. The fourth-order valence-corrected chi connectivity index (χ4v) is 4.42. The molecular formula is C24H27N3O6. The van der Waals surface area contributed by atoms with Crippen LogP contribution in [0.15, 0.2) is 42.5 Å². The number of benzene rings is 2. The van der Waals surface area contributed by atoms with Crippen LogP contribution in [0, 0.1) is 0 Å². The van der Waals surface area contributed by atoms with Gasteiger partial charge in [0.05, 0.1) is 39.5 Å². The van der Waals surface area contributed by atoms with Crippen LogP contribution in [0.2, 0.25) is 0 Å². The largest absolute Gasteiger partial charge is 0.497 e. The number of ether oxygens (including phenoxy) is 3. The van der Waals surface area contributed by atoms with Crippen molar-refractivity contribution in [3.05, 3.63) is 48.0 Å². The van der Waals surface area contributed by atoms with E-state index in [-0.39, 0.29) is 18.4 Å². The molecule has 33 heavy (non-hydrogen) atoms. The molecule has 2 fully saturated rings. The van der Waals surface area contributed by atoms with Gasteiger partial charge in [0.15, 0.2) is 0 Å². The number of nitrogens with zero attached hydrogens (tertiary/aromatic N) is 2. The third kappa shape index (κ3) is 4.30. The number of hydrogen-bond donors (Lipinski definition) is 1. The Morgan fingerprint density at radius 2 is 1.70 bits per heavy atom. The summed E-state index contributed by atoms with van der Waals surface area (Å²) in [5.41, 5.74) is 1.32. The maximum absolute atomic E-state index is 13.2. The third-order valence-electron chi connectivity index (χ3n) is 6.10. The first-order valence-corrected chi connectivity index (χ1v) is 10.8. The number of carbonyl (C=O) groups excluding carboxylic acids is 3. The molecule has 2 atom stereocenters. The van der Waals surface area contributed by atoms with E-state index < -0.39 is 18.0 Å². The van der Waals surface area contributed by atoms with Crippen molar-refractivity contribution in [2.24, 2.45) is 0 Å². The highest BCUT2D eigenvalue weighted by molar-refractivity contribution is 6.22. The maximum Gasteiger partial charge on any atom is 0.329 e. The average molecular weight is 453 g/mol. The maximum atomic E-state index is 13.2. The van der Waals surface area contributed by atoms with Gasteiger partial charge in [-0.25, -0.2) is 9.69 Å². The summed E-state index contributed by atoms with van der Waals surface area (Å²) in [6.07, 6.45) is 1.53. The Kier molecular flexibility index (Phi) is 6.39. The number of rotatable bonds is 7. The molecule has 4 rings (SSSR count). The number of methoxy groups -OCH3 is 3. The highest BCUT2D eigenvalue weighted by atomic mass is 16.5. The fourth-order valence-electron chi connectivity index (χ4n) is 4.42. The first-order chi connectivity index (χ1) is 16.0. The average Bonchev–Trinajstić information content (AvgIpc) is 3.43. The molecule has 0 unspecified atom stereocenters. The number of hydrogen-bond acceptors (Lipinski definition) is 6. The number of imide groups is 1. The molecular weight excluding hydrogens is 426 g/mol. The lowest BCUT2D eigenvalue weighted by Gasteiger charge is -2.27. The summed E-state index contributed by atoms with van der Waals surface area (Å²) < 4.78 is 15.9. The van der Waals surface area contributed by atoms with Crippen molar-refractivity contribution < 1.29 is 28.6 Å². The molecule has 0 aliphatic carbocycles. The van der Waals surface area contributed by atoms with Gasteiger partial charge in [0.2, 0.25) is 5.91 Å². The zero-order valence-electron chi connectivity index (χ0n) is 18.9. The quantitative estimate of drug-likeness (QED) is 0.648. The third-order valence-corrected chi connectivity index (χ3v) is 6.10. The standard InChI is InChI=1S/C24H27N3O6/c1-31-16-8-6-15(7-9-16)27-23(29)19(25-24(27)30)14-22(28)26-12-4-5-20(26)18-11-10-17(32-2)13-21(18)33-3/h6-11,13,19-20H,4-5,12,14H2,1-3H3,(H,25,30)/t19-,20+/m0/s1. The number of amides is 4. The van der Waals surface area contributed by atoms with E-state index in [9.17, 15) is 14.4 Å². The molecule has 4 amide bonds. The molecule has 2 aliphatic heterocycles. The molecule has 0 saturated carbocycles. The van der Waals surface area contributed by atoms with Gasteiger partial charge in [-0.3, -0.25) is 9.59 Å². The van der Waals surface area contributed by atoms with E-state index in [1.54, 1.807) is 49.5 Å².